The second-order valence-corrected chi connectivity index (χ2v) is 4.15. The molecule has 0 saturated heterocycles. The van der Waals surface area contributed by atoms with E-state index in [0.717, 1.165) is 11.1 Å². The van der Waals surface area contributed by atoms with Crippen LogP contribution in [0.5, 0.6) is 5.75 Å². The minimum atomic E-state index is 0.227. The van der Waals surface area contributed by atoms with E-state index in [1.807, 2.05) is 19.9 Å². The van der Waals surface area contributed by atoms with E-state index >= 15 is 0 Å². The number of nitrogens with two attached hydrogens (primary N) is 1. The Morgan fingerprint density at radius 3 is 2.12 bits per heavy atom. The largest absolute Gasteiger partial charge is 0.507 e. The highest BCUT2D eigenvalue weighted by Gasteiger charge is 2.05. The van der Waals surface area contributed by atoms with Crippen LogP contribution in [0.25, 0.3) is 11.1 Å². The molecule has 0 aliphatic carbocycles. The highest BCUT2D eigenvalue weighted by Crippen LogP contribution is 2.31. The molecule has 0 atom stereocenters. The summed E-state index contributed by atoms with van der Waals surface area (Å²) in [5, 5.41) is 9.85. The first-order chi connectivity index (χ1) is 7.56. The van der Waals surface area contributed by atoms with Crippen molar-refractivity contribution in [1.82, 2.24) is 0 Å². The van der Waals surface area contributed by atoms with Gasteiger partial charge in [0.15, 0.2) is 0 Å². The molecule has 0 aliphatic rings. The molecule has 2 aromatic carbocycles. The van der Waals surface area contributed by atoms with E-state index in [4.69, 9.17) is 5.73 Å². The number of rotatable bonds is 1. The smallest absolute Gasteiger partial charge is 0.125 e. The normalized spacial score (nSPS) is 10.4. The van der Waals surface area contributed by atoms with Gasteiger partial charge >= 0.3 is 0 Å². The molecule has 0 saturated carbocycles. The first kappa shape index (κ1) is 10.6. The fourth-order valence-electron chi connectivity index (χ4n) is 1.92. The van der Waals surface area contributed by atoms with Gasteiger partial charge in [0, 0.05) is 17.3 Å². The van der Waals surface area contributed by atoms with Crippen LogP contribution < -0.4 is 5.73 Å². The highest BCUT2D eigenvalue weighted by molar-refractivity contribution is 5.73. The van der Waals surface area contributed by atoms with Gasteiger partial charge in [-0.3, -0.25) is 0 Å². The molecular formula is C14H15NO. The average Bonchev–Trinajstić information content (AvgIpc) is 2.15. The minimum Gasteiger partial charge on any atom is -0.507 e. The predicted octanol–water partition coefficient (Wildman–Crippen LogP) is 3.26. The van der Waals surface area contributed by atoms with E-state index in [0.29, 0.717) is 5.69 Å². The monoisotopic (exact) mass is 213 g/mol. The quantitative estimate of drug-likeness (QED) is 0.714. The van der Waals surface area contributed by atoms with Crippen LogP contribution >= 0.6 is 0 Å². The fourth-order valence-corrected chi connectivity index (χ4v) is 1.92. The maximum atomic E-state index is 9.85. The summed E-state index contributed by atoms with van der Waals surface area (Å²) in [6.07, 6.45) is 0. The predicted molar refractivity (Wildman–Crippen MR) is 67.4 cm³/mol. The van der Waals surface area contributed by atoms with Crippen LogP contribution in [0.15, 0.2) is 36.4 Å². The number of aromatic hydroxyl groups is 1. The lowest BCUT2D eigenvalue weighted by atomic mass is 10.00. The summed E-state index contributed by atoms with van der Waals surface area (Å²) in [4.78, 5) is 0. The maximum absolute atomic E-state index is 9.85. The highest BCUT2D eigenvalue weighted by atomic mass is 16.3. The van der Waals surface area contributed by atoms with Crippen LogP contribution in [0.3, 0.4) is 0 Å². The van der Waals surface area contributed by atoms with Crippen LogP contribution in [0.2, 0.25) is 0 Å². The lowest BCUT2D eigenvalue weighted by molar-refractivity contribution is 0.477. The van der Waals surface area contributed by atoms with E-state index in [-0.39, 0.29) is 5.75 Å². The molecule has 0 amide bonds. The van der Waals surface area contributed by atoms with E-state index in [9.17, 15) is 5.11 Å². The second-order valence-electron chi connectivity index (χ2n) is 4.15. The van der Waals surface area contributed by atoms with Crippen molar-refractivity contribution in [2.45, 2.75) is 13.8 Å². The van der Waals surface area contributed by atoms with Crippen LogP contribution in [0.1, 0.15) is 11.1 Å². The number of benzene rings is 2. The van der Waals surface area contributed by atoms with Crippen molar-refractivity contribution >= 4 is 5.69 Å². The Hall–Kier alpha value is -1.96. The standard InChI is InChI=1S/C14H15NO/c1-9-5-10(2)7-11(6-9)13-4-3-12(15)8-14(13)16/h3-8,16H,15H2,1-2H3. The molecule has 0 fully saturated rings. The van der Waals surface area contributed by atoms with Gasteiger partial charge in [0.05, 0.1) is 0 Å². The number of phenols is 1. The third-order valence-corrected chi connectivity index (χ3v) is 2.55. The Labute approximate surface area is 95.4 Å². The Kier molecular flexibility index (Phi) is 2.57. The molecular weight excluding hydrogens is 198 g/mol. The van der Waals surface area contributed by atoms with Crippen LogP contribution in [0.4, 0.5) is 5.69 Å². The molecule has 82 valence electrons. The summed E-state index contributed by atoms with van der Waals surface area (Å²) in [6.45, 7) is 4.09. The maximum Gasteiger partial charge on any atom is 0.125 e. The second kappa shape index (κ2) is 3.89. The third-order valence-electron chi connectivity index (χ3n) is 2.55. The van der Waals surface area contributed by atoms with Gasteiger partial charge in [0.2, 0.25) is 0 Å². The zero-order valence-corrected chi connectivity index (χ0v) is 9.49. The summed E-state index contributed by atoms with van der Waals surface area (Å²) in [6, 6.07) is 11.4. The van der Waals surface area contributed by atoms with Gasteiger partial charge in [0.1, 0.15) is 5.75 Å². The van der Waals surface area contributed by atoms with E-state index in [1.54, 1.807) is 12.1 Å². The number of anilines is 1. The molecule has 0 spiro atoms. The van der Waals surface area contributed by atoms with E-state index in [2.05, 4.69) is 18.2 Å². The Morgan fingerprint density at radius 2 is 1.56 bits per heavy atom. The van der Waals surface area contributed by atoms with Crippen LogP contribution in [-0.2, 0) is 0 Å². The summed E-state index contributed by atoms with van der Waals surface area (Å²) in [7, 11) is 0. The fraction of sp³-hybridized carbons (Fsp3) is 0.143. The Balaban J connectivity index is 2.58. The number of phenolic OH excluding ortho intramolecular Hbond substituents is 1. The van der Waals surface area contributed by atoms with E-state index in [1.165, 1.54) is 11.1 Å². The minimum absolute atomic E-state index is 0.227. The van der Waals surface area contributed by atoms with Gasteiger partial charge in [-0.25, -0.2) is 0 Å². The first-order valence-corrected chi connectivity index (χ1v) is 5.23. The van der Waals surface area contributed by atoms with Gasteiger partial charge in [0.25, 0.3) is 0 Å². The molecule has 3 N–H and O–H groups in total. The summed E-state index contributed by atoms with van der Waals surface area (Å²) >= 11 is 0. The third kappa shape index (κ3) is 2.01. The molecule has 2 nitrogen and oxygen atoms in total. The molecule has 2 heteroatoms. The molecule has 0 bridgehead atoms. The molecule has 0 unspecified atom stereocenters. The average molecular weight is 213 g/mol. The lowest BCUT2D eigenvalue weighted by Crippen LogP contribution is -1.87. The number of aryl methyl sites for hydroxylation is 2. The van der Waals surface area contributed by atoms with Crippen molar-refractivity contribution in [2.75, 3.05) is 5.73 Å². The molecule has 0 aliphatic heterocycles. The Morgan fingerprint density at radius 1 is 0.938 bits per heavy atom. The zero-order chi connectivity index (χ0) is 11.7. The molecule has 0 heterocycles. The van der Waals surface area contributed by atoms with Crippen LogP contribution in [-0.4, -0.2) is 5.11 Å². The number of hydrogen-bond donors (Lipinski definition) is 2. The lowest BCUT2D eigenvalue weighted by Gasteiger charge is -2.08. The van der Waals surface area contributed by atoms with Gasteiger partial charge in [-0.15, -0.1) is 0 Å². The van der Waals surface area contributed by atoms with Crippen molar-refractivity contribution in [2.24, 2.45) is 0 Å². The molecule has 0 aromatic heterocycles. The van der Waals surface area contributed by atoms with E-state index < -0.39 is 0 Å². The summed E-state index contributed by atoms with van der Waals surface area (Å²) < 4.78 is 0. The van der Waals surface area contributed by atoms with Gasteiger partial charge in [-0.05, 0) is 31.5 Å². The molecule has 16 heavy (non-hydrogen) atoms. The van der Waals surface area contributed by atoms with Crippen molar-refractivity contribution in [3.8, 4) is 16.9 Å². The van der Waals surface area contributed by atoms with Crippen LogP contribution in [0, 0.1) is 13.8 Å². The van der Waals surface area contributed by atoms with Gasteiger partial charge in [-0.1, -0.05) is 29.3 Å². The van der Waals surface area contributed by atoms with Crippen molar-refractivity contribution in [1.29, 1.82) is 0 Å². The molecule has 0 radical (unpaired) electrons. The van der Waals surface area contributed by atoms with Crippen molar-refractivity contribution in [3.05, 3.63) is 47.5 Å². The molecule has 2 rings (SSSR count). The summed E-state index contributed by atoms with van der Waals surface area (Å²) in [5.74, 6) is 0.227. The SMILES string of the molecule is Cc1cc(C)cc(-c2ccc(N)cc2O)c1. The van der Waals surface area contributed by atoms with Gasteiger partial charge < -0.3 is 10.8 Å². The number of hydrogen-bond acceptors (Lipinski definition) is 2. The van der Waals surface area contributed by atoms with Crippen molar-refractivity contribution in [3.63, 3.8) is 0 Å². The molecule has 2 aromatic rings. The van der Waals surface area contributed by atoms with Gasteiger partial charge in [-0.2, -0.15) is 0 Å². The summed E-state index contributed by atoms with van der Waals surface area (Å²) in [5.41, 5.74) is 10.4. The zero-order valence-electron chi connectivity index (χ0n) is 9.49. The first-order valence-electron chi connectivity index (χ1n) is 5.23. The topological polar surface area (TPSA) is 46.2 Å². The Bertz CT molecular complexity index is 512. The van der Waals surface area contributed by atoms with Crippen molar-refractivity contribution < 1.29 is 5.11 Å². The number of nitrogen functional groups attached to an aromatic ring is 1.